The molecule has 0 aliphatic carbocycles. The van der Waals surface area contributed by atoms with Crippen LogP contribution in [-0.2, 0) is 0 Å². The lowest BCUT2D eigenvalue weighted by atomic mass is 9.95. The second-order valence-electron chi connectivity index (χ2n) is 12.7. The Morgan fingerprint density at radius 2 is 0.885 bits per heavy atom. The van der Waals surface area contributed by atoms with E-state index in [1.54, 1.807) is 11.3 Å². The minimum atomic E-state index is 0.631. The minimum absolute atomic E-state index is 0.631. The molecule has 7 aromatic carbocycles. The number of rotatable bonds is 5. The van der Waals surface area contributed by atoms with Crippen molar-refractivity contribution in [3.63, 3.8) is 0 Å². The van der Waals surface area contributed by atoms with Gasteiger partial charge in [0, 0.05) is 57.0 Å². The maximum absolute atomic E-state index is 10.2. The molecule has 4 nitrogen and oxygen atoms in total. The molecule has 3 aromatic heterocycles. The van der Waals surface area contributed by atoms with Crippen molar-refractivity contribution in [1.82, 2.24) is 15.0 Å². The van der Waals surface area contributed by atoms with Gasteiger partial charge in [-0.25, -0.2) is 15.0 Å². The van der Waals surface area contributed by atoms with Crippen LogP contribution in [0.5, 0.6) is 0 Å². The van der Waals surface area contributed by atoms with Gasteiger partial charge in [0.15, 0.2) is 17.5 Å². The van der Waals surface area contributed by atoms with Gasteiger partial charge in [-0.1, -0.05) is 115 Å². The highest BCUT2D eigenvalue weighted by Crippen LogP contribution is 2.44. The fourth-order valence-corrected chi connectivity index (χ4v) is 9.54. The molecule has 0 aliphatic rings. The van der Waals surface area contributed by atoms with Crippen LogP contribution in [0.3, 0.4) is 0 Å². The molecule has 0 atom stereocenters. The maximum Gasteiger partial charge on any atom is 0.164 e. The van der Waals surface area contributed by atoms with Crippen LogP contribution in [0.4, 0.5) is 0 Å². The van der Waals surface area contributed by atoms with Gasteiger partial charge in [0.25, 0.3) is 0 Å². The summed E-state index contributed by atoms with van der Waals surface area (Å²) in [5.74, 6) is 1.91. The molecule has 0 spiro atoms. The molecule has 0 saturated carbocycles. The zero-order valence-electron chi connectivity index (χ0n) is 27.6. The van der Waals surface area contributed by atoms with Crippen molar-refractivity contribution in [3.8, 4) is 62.5 Å². The summed E-state index contributed by atoms with van der Waals surface area (Å²) >= 11 is 3.58. The van der Waals surface area contributed by atoms with Crippen molar-refractivity contribution in [2.45, 2.75) is 0 Å². The standard InChI is InChI=1S/C46H26N4S2/c47-27-28-23-32(34-16-9-18-37-36-15-7-8-20-40(36)51-42(34)37)25-33(24-28)35-17-10-19-38-39-26-31(21-22-41(39)52-43(35)38)46-49-44(29-11-3-1-4-12-29)48-45(50-46)30-13-5-2-6-14-30/h1-26H. The Kier molecular flexibility index (Phi) is 7.21. The monoisotopic (exact) mass is 698 g/mol. The predicted molar refractivity (Wildman–Crippen MR) is 217 cm³/mol. The summed E-state index contributed by atoms with van der Waals surface area (Å²) in [6.07, 6.45) is 0. The van der Waals surface area contributed by atoms with Crippen LogP contribution in [0, 0.1) is 11.3 Å². The quantitative estimate of drug-likeness (QED) is 0.179. The first-order valence-electron chi connectivity index (χ1n) is 17.0. The summed E-state index contributed by atoms with van der Waals surface area (Å²) < 4.78 is 4.86. The molecule has 0 amide bonds. The molecule has 52 heavy (non-hydrogen) atoms. The van der Waals surface area contributed by atoms with Crippen LogP contribution in [0.2, 0.25) is 0 Å². The van der Waals surface area contributed by atoms with Gasteiger partial charge in [-0.05, 0) is 64.7 Å². The van der Waals surface area contributed by atoms with E-state index in [-0.39, 0.29) is 0 Å². The van der Waals surface area contributed by atoms with Gasteiger partial charge < -0.3 is 0 Å². The molecule has 10 aromatic rings. The first kappa shape index (κ1) is 30.3. The van der Waals surface area contributed by atoms with Gasteiger partial charge in [-0.15, -0.1) is 22.7 Å². The largest absolute Gasteiger partial charge is 0.208 e. The van der Waals surface area contributed by atoms with Crippen LogP contribution < -0.4 is 0 Å². The number of benzene rings is 7. The smallest absolute Gasteiger partial charge is 0.164 e. The lowest BCUT2D eigenvalue weighted by molar-refractivity contribution is 1.07. The molecule has 3 heterocycles. The third kappa shape index (κ3) is 5.15. The van der Waals surface area contributed by atoms with Crippen molar-refractivity contribution in [3.05, 3.63) is 163 Å². The van der Waals surface area contributed by atoms with Crippen molar-refractivity contribution in [2.75, 3.05) is 0 Å². The van der Waals surface area contributed by atoms with Gasteiger partial charge in [-0.3, -0.25) is 0 Å². The Labute approximate surface area is 307 Å². The van der Waals surface area contributed by atoms with Crippen molar-refractivity contribution in [2.24, 2.45) is 0 Å². The molecule has 0 saturated heterocycles. The second kappa shape index (κ2) is 12.4. The number of thiophene rings is 2. The molecule has 0 bridgehead atoms. The highest BCUT2D eigenvalue weighted by Gasteiger charge is 2.17. The second-order valence-corrected chi connectivity index (χ2v) is 14.8. The summed E-state index contributed by atoms with van der Waals surface area (Å²) in [5, 5.41) is 15.0. The van der Waals surface area contributed by atoms with E-state index < -0.39 is 0 Å². The van der Waals surface area contributed by atoms with E-state index in [1.807, 2.05) is 84.1 Å². The average molecular weight is 699 g/mol. The molecule has 10 rings (SSSR count). The lowest BCUT2D eigenvalue weighted by Crippen LogP contribution is -2.00. The van der Waals surface area contributed by atoms with Gasteiger partial charge in [0.2, 0.25) is 0 Å². The van der Waals surface area contributed by atoms with Gasteiger partial charge in [0.1, 0.15) is 0 Å². The van der Waals surface area contributed by atoms with Crippen LogP contribution in [0.25, 0.3) is 96.8 Å². The number of hydrogen-bond acceptors (Lipinski definition) is 6. The molecule has 0 aliphatic heterocycles. The highest BCUT2D eigenvalue weighted by molar-refractivity contribution is 7.26. The Bertz CT molecular complexity index is 2970. The molecule has 0 fully saturated rings. The van der Waals surface area contributed by atoms with Gasteiger partial charge >= 0.3 is 0 Å². The SMILES string of the molecule is N#Cc1cc(-c2cccc3c2sc2ccccc23)cc(-c2cccc3c2sc2ccc(-c4nc(-c5ccccc5)nc(-c5ccccc5)n4)cc23)c1. The molecule has 0 radical (unpaired) electrons. The maximum atomic E-state index is 10.2. The van der Waals surface area contributed by atoms with E-state index >= 15 is 0 Å². The Morgan fingerprint density at radius 1 is 0.385 bits per heavy atom. The third-order valence-electron chi connectivity index (χ3n) is 9.54. The van der Waals surface area contributed by atoms with E-state index in [0.717, 1.165) is 49.7 Å². The van der Waals surface area contributed by atoms with Crippen molar-refractivity contribution >= 4 is 63.0 Å². The predicted octanol–water partition coefficient (Wildman–Crippen LogP) is 12.8. The summed E-state index contributed by atoms with van der Waals surface area (Å²) in [7, 11) is 0. The minimum Gasteiger partial charge on any atom is -0.208 e. The molecular weight excluding hydrogens is 673 g/mol. The number of hydrogen-bond donors (Lipinski definition) is 0. The average Bonchev–Trinajstić information content (AvgIpc) is 3.79. The van der Waals surface area contributed by atoms with E-state index in [9.17, 15) is 5.26 Å². The molecular formula is C46H26N4S2. The van der Waals surface area contributed by atoms with E-state index in [4.69, 9.17) is 15.0 Å². The normalized spacial score (nSPS) is 11.4. The highest BCUT2D eigenvalue weighted by atomic mass is 32.1. The first-order valence-corrected chi connectivity index (χ1v) is 18.6. The van der Waals surface area contributed by atoms with E-state index in [0.29, 0.717) is 23.0 Å². The Balaban J connectivity index is 1.12. The number of nitriles is 1. The summed E-state index contributed by atoms with van der Waals surface area (Å²) in [4.78, 5) is 14.8. The van der Waals surface area contributed by atoms with Crippen molar-refractivity contribution in [1.29, 1.82) is 5.26 Å². The van der Waals surface area contributed by atoms with E-state index in [1.165, 1.54) is 29.6 Å². The molecule has 0 unspecified atom stereocenters. The third-order valence-corrected chi connectivity index (χ3v) is 12.0. The summed E-state index contributed by atoms with van der Waals surface area (Å²) in [6.45, 7) is 0. The van der Waals surface area contributed by atoms with Gasteiger partial charge in [0.05, 0.1) is 11.6 Å². The number of aromatic nitrogens is 3. The van der Waals surface area contributed by atoms with Crippen LogP contribution in [0.1, 0.15) is 5.56 Å². The topological polar surface area (TPSA) is 62.5 Å². The molecule has 0 N–H and O–H groups in total. The first-order chi connectivity index (χ1) is 25.7. The van der Waals surface area contributed by atoms with Gasteiger partial charge in [-0.2, -0.15) is 5.26 Å². The lowest BCUT2D eigenvalue weighted by Gasteiger charge is -2.10. The zero-order chi connectivity index (χ0) is 34.6. The molecule has 242 valence electrons. The Morgan fingerprint density at radius 3 is 1.48 bits per heavy atom. The van der Waals surface area contributed by atoms with E-state index in [2.05, 4.69) is 91.0 Å². The summed E-state index contributed by atoms with van der Waals surface area (Å²) in [6, 6.07) is 56.8. The summed E-state index contributed by atoms with van der Waals surface area (Å²) in [5.41, 5.74) is 7.79. The zero-order valence-corrected chi connectivity index (χ0v) is 29.2. The van der Waals surface area contributed by atoms with Crippen LogP contribution >= 0.6 is 22.7 Å². The van der Waals surface area contributed by atoms with Crippen LogP contribution in [-0.4, -0.2) is 15.0 Å². The molecule has 6 heteroatoms. The van der Waals surface area contributed by atoms with Crippen molar-refractivity contribution < 1.29 is 0 Å². The fraction of sp³-hybridized carbons (Fsp3) is 0. The fourth-order valence-electron chi connectivity index (χ4n) is 7.08. The Hall–Kier alpha value is -6.52. The van der Waals surface area contributed by atoms with Crippen LogP contribution in [0.15, 0.2) is 158 Å². The number of nitrogens with zero attached hydrogens (tertiary/aromatic N) is 4. The number of fused-ring (bicyclic) bond motifs is 6.